The van der Waals surface area contributed by atoms with Gasteiger partial charge in [0.25, 0.3) is 0 Å². The fraction of sp³-hybridized carbons (Fsp3) is 0.571. The predicted molar refractivity (Wildman–Crippen MR) is 75.2 cm³/mol. The van der Waals surface area contributed by atoms with E-state index in [1.54, 1.807) is 0 Å². The first-order chi connectivity index (χ1) is 9.74. The van der Waals surface area contributed by atoms with Gasteiger partial charge in [-0.1, -0.05) is 36.0 Å². The van der Waals surface area contributed by atoms with E-state index in [0.717, 1.165) is 6.07 Å². The molecular weight excluding hydrogens is 329 g/mol. The standard InChI is InChI=1S/C14H15Cl2F4N/c1-21-12(10-9(17)5-4-8(15)11(10)16)13(14(18,19)20)6-2-3-7-13/h4-5,12,21H,2-3,6-7H2,1H3. The lowest BCUT2D eigenvalue weighted by atomic mass is 9.74. The van der Waals surface area contributed by atoms with E-state index < -0.39 is 23.5 Å². The highest BCUT2D eigenvalue weighted by Gasteiger charge is 2.60. The maximum Gasteiger partial charge on any atom is 0.396 e. The molecule has 1 aromatic carbocycles. The second-order valence-electron chi connectivity index (χ2n) is 5.34. The lowest BCUT2D eigenvalue weighted by molar-refractivity contribution is -0.233. The summed E-state index contributed by atoms with van der Waals surface area (Å²) in [4.78, 5) is 0. The second-order valence-corrected chi connectivity index (χ2v) is 6.12. The molecule has 0 heterocycles. The third-order valence-electron chi connectivity index (χ3n) is 4.27. The van der Waals surface area contributed by atoms with Gasteiger partial charge >= 0.3 is 6.18 Å². The molecule has 1 nitrogen and oxygen atoms in total. The van der Waals surface area contributed by atoms with Crippen LogP contribution in [-0.4, -0.2) is 13.2 Å². The van der Waals surface area contributed by atoms with Crippen molar-refractivity contribution in [1.82, 2.24) is 5.32 Å². The Morgan fingerprint density at radius 1 is 1.19 bits per heavy atom. The van der Waals surface area contributed by atoms with Gasteiger partial charge in [-0.3, -0.25) is 0 Å². The normalized spacial score (nSPS) is 19.8. The molecule has 21 heavy (non-hydrogen) atoms. The lowest BCUT2D eigenvalue weighted by Gasteiger charge is -2.39. The van der Waals surface area contributed by atoms with Crippen LogP contribution in [0.2, 0.25) is 10.0 Å². The van der Waals surface area contributed by atoms with Gasteiger partial charge in [0.15, 0.2) is 0 Å². The highest BCUT2D eigenvalue weighted by Crippen LogP contribution is 2.58. The monoisotopic (exact) mass is 343 g/mol. The van der Waals surface area contributed by atoms with E-state index in [1.807, 2.05) is 0 Å². The number of rotatable bonds is 3. The Hall–Kier alpha value is -0.520. The molecule has 1 aromatic rings. The summed E-state index contributed by atoms with van der Waals surface area (Å²) < 4.78 is 55.1. The highest BCUT2D eigenvalue weighted by atomic mass is 35.5. The minimum Gasteiger partial charge on any atom is -0.312 e. The van der Waals surface area contributed by atoms with Crippen molar-refractivity contribution in [2.75, 3.05) is 7.05 Å². The average molecular weight is 344 g/mol. The number of hydrogen-bond donors (Lipinski definition) is 1. The van der Waals surface area contributed by atoms with E-state index in [4.69, 9.17) is 23.2 Å². The molecule has 7 heteroatoms. The van der Waals surface area contributed by atoms with Crippen molar-refractivity contribution < 1.29 is 17.6 Å². The molecule has 0 radical (unpaired) electrons. The van der Waals surface area contributed by atoms with E-state index in [0.29, 0.717) is 12.8 Å². The fourth-order valence-electron chi connectivity index (χ4n) is 3.25. The fourth-order valence-corrected chi connectivity index (χ4v) is 3.67. The first-order valence-corrected chi connectivity index (χ1v) is 7.37. The van der Waals surface area contributed by atoms with Crippen LogP contribution in [0.4, 0.5) is 17.6 Å². The van der Waals surface area contributed by atoms with Crippen molar-refractivity contribution in [3.05, 3.63) is 33.6 Å². The molecule has 1 atom stereocenters. The Bertz CT molecular complexity index is 524. The molecule has 0 aromatic heterocycles. The second kappa shape index (κ2) is 5.94. The third kappa shape index (κ3) is 2.76. The van der Waals surface area contributed by atoms with Crippen LogP contribution in [0.3, 0.4) is 0 Å². The van der Waals surface area contributed by atoms with Gasteiger partial charge in [-0.25, -0.2) is 4.39 Å². The number of halogens is 6. The summed E-state index contributed by atoms with van der Waals surface area (Å²) in [5.41, 5.74) is -2.22. The molecule has 1 N–H and O–H groups in total. The summed E-state index contributed by atoms with van der Waals surface area (Å²) in [5.74, 6) is -0.778. The molecule has 0 bridgehead atoms. The summed E-state index contributed by atoms with van der Waals surface area (Å²) in [7, 11) is 1.38. The quantitative estimate of drug-likeness (QED) is 0.563. The van der Waals surface area contributed by atoms with Crippen LogP contribution in [-0.2, 0) is 0 Å². The molecule has 0 spiro atoms. The third-order valence-corrected chi connectivity index (χ3v) is 5.09. The van der Waals surface area contributed by atoms with Gasteiger partial charge in [0.2, 0.25) is 0 Å². The van der Waals surface area contributed by atoms with Gasteiger partial charge in [0.05, 0.1) is 21.5 Å². The van der Waals surface area contributed by atoms with E-state index in [9.17, 15) is 17.6 Å². The van der Waals surface area contributed by atoms with Crippen LogP contribution in [0.25, 0.3) is 0 Å². The van der Waals surface area contributed by atoms with Gasteiger partial charge in [-0.2, -0.15) is 13.2 Å². The molecule has 1 saturated carbocycles. The number of benzene rings is 1. The van der Waals surface area contributed by atoms with Crippen LogP contribution in [0, 0.1) is 11.2 Å². The zero-order valence-electron chi connectivity index (χ0n) is 11.3. The van der Waals surface area contributed by atoms with E-state index in [-0.39, 0.29) is 28.5 Å². The smallest absolute Gasteiger partial charge is 0.312 e. The Labute approximate surface area is 130 Å². The Balaban J connectivity index is 2.61. The summed E-state index contributed by atoms with van der Waals surface area (Å²) in [6, 6.07) is 1.03. The molecule has 0 aliphatic heterocycles. The van der Waals surface area contributed by atoms with E-state index in [1.165, 1.54) is 13.1 Å². The Morgan fingerprint density at radius 3 is 2.24 bits per heavy atom. The van der Waals surface area contributed by atoms with Crippen molar-refractivity contribution >= 4 is 23.2 Å². The number of alkyl halides is 3. The lowest BCUT2D eigenvalue weighted by Crippen LogP contribution is -2.46. The van der Waals surface area contributed by atoms with Crippen LogP contribution in [0.5, 0.6) is 0 Å². The summed E-state index contributed by atoms with van der Waals surface area (Å²) in [5, 5.41) is 2.50. The van der Waals surface area contributed by atoms with Crippen LogP contribution in [0.15, 0.2) is 12.1 Å². The number of nitrogens with one attached hydrogen (secondary N) is 1. The molecular formula is C14H15Cl2F4N. The van der Waals surface area contributed by atoms with E-state index in [2.05, 4.69) is 5.32 Å². The minimum atomic E-state index is -4.45. The summed E-state index contributed by atoms with van der Waals surface area (Å²) in [6.45, 7) is 0. The van der Waals surface area contributed by atoms with Gasteiger partial charge in [-0.05, 0) is 32.0 Å². The topological polar surface area (TPSA) is 12.0 Å². The number of hydrogen-bond acceptors (Lipinski definition) is 1. The van der Waals surface area contributed by atoms with Crippen molar-refractivity contribution in [1.29, 1.82) is 0 Å². The minimum absolute atomic E-state index is 0.0450. The van der Waals surface area contributed by atoms with Gasteiger partial charge in [-0.15, -0.1) is 0 Å². The molecule has 118 valence electrons. The van der Waals surface area contributed by atoms with Crippen molar-refractivity contribution in [2.24, 2.45) is 5.41 Å². The highest BCUT2D eigenvalue weighted by molar-refractivity contribution is 6.42. The van der Waals surface area contributed by atoms with Crippen molar-refractivity contribution in [3.63, 3.8) is 0 Å². The zero-order chi connectivity index (χ0) is 15.8. The molecule has 1 unspecified atom stereocenters. The summed E-state index contributed by atoms with van der Waals surface area (Å²) >= 11 is 11.8. The maximum absolute atomic E-state index is 14.1. The predicted octanol–water partition coefficient (Wildman–Crippen LogP) is 5.52. The van der Waals surface area contributed by atoms with E-state index >= 15 is 0 Å². The largest absolute Gasteiger partial charge is 0.396 e. The molecule has 1 aliphatic rings. The van der Waals surface area contributed by atoms with Crippen LogP contribution < -0.4 is 5.32 Å². The average Bonchev–Trinajstić information content (AvgIpc) is 2.89. The molecule has 1 fully saturated rings. The van der Waals surface area contributed by atoms with Gasteiger partial charge in [0.1, 0.15) is 5.82 Å². The van der Waals surface area contributed by atoms with Crippen LogP contribution >= 0.6 is 23.2 Å². The molecule has 1 aliphatic carbocycles. The molecule has 0 saturated heterocycles. The van der Waals surface area contributed by atoms with Gasteiger partial charge in [0, 0.05) is 5.56 Å². The molecule has 2 rings (SSSR count). The zero-order valence-corrected chi connectivity index (χ0v) is 12.8. The SMILES string of the molecule is CNC(c1c(F)ccc(Cl)c1Cl)C1(C(F)(F)F)CCCC1. The van der Waals surface area contributed by atoms with Gasteiger partial charge < -0.3 is 5.32 Å². The summed E-state index contributed by atoms with van der Waals surface area (Å²) in [6.07, 6.45) is -3.64. The van der Waals surface area contributed by atoms with Crippen LogP contribution in [0.1, 0.15) is 37.3 Å². The Kier molecular flexibility index (Phi) is 4.76. The maximum atomic E-state index is 14.1. The molecule has 0 amide bonds. The van der Waals surface area contributed by atoms with Crippen molar-refractivity contribution in [3.8, 4) is 0 Å². The first kappa shape index (κ1) is 16.8. The first-order valence-electron chi connectivity index (χ1n) is 6.62. The van der Waals surface area contributed by atoms with Crippen molar-refractivity contribution in [2.45, 2.75) is 37.9 Å². The Morgan fingerprint density at radius 2 is 1.76 bits per heavy atom.